The van der Waals surface area contributed by atoms with Crippen LogP contribution in [0.2, 0.25) is 0 Å². The fourth-order valence-electron chi connectivity index (χ4n) is 1.77. The third kappa shape index (κ3) is 4.06. The number of H-pyrrole nitrogens is 1. The maximum absolute atomic E-state index is 11.8. The van der Waals surface area contributed by atoms with Crippen molar-refractivity contribution in [3.63, 3.8) is 0 Å². The van der Waals surface area contributed by atoms with E-state index >= 15 is 0 Å². The van der Waals surface area contributed by atoms with E-state index in [-0.39, 0.29) is 5.97 Å². The zero-order chi connectivity index (χ0) is 15.1. The van der Waals surface area contributed by atoms with Gasteiger partial charge in [0, 0.05) is 12.2 Å². The molecule has 1 aromatic rings. The van der Waals surface area contributed by atoms with Gasteiger partial charge in [-0.1, -0.05) is 0 Å². The molecule has 6 nitrogen and oxygen atoms in total. The van der Waals surface area contributed by atoms with Crippen molar-refractivity contribution in [2.24, 2.45) is 5.10 Å². The van der Waals surface area contributed by atoms with Gasteiger partial charge in [-0.05, 0) is 45.5 Å². The zero-order valence-corrected chi connectivity index (χ0v) is 13.0. The first-order valence-electron chi connectivity index (χ1n) is 6.44. The quantitative estimate of drug-likeness (QED) is 0.333. The van der Waals surface area contributed by atoms with Crippen LogP contribution in [-0.2, 0) is 4.74 Å². The Morgan fingerprint density at radius 1 is 1.45 bits per heavy atom. The van der Waals surface area contributed by atoms with Gasteiger partial charge in [0.05, 0.1) is 24.1 Å². The molecular formula is C13H20N4O2S. The number of aromatic amines is 1. The Labute approximate surface area is 124 Å². The summed E-state index contributed by atoms with van der Waals surface area (Å²) in [5.41, 5.74) is 5.57. The zero-order valence-electron chi connectivity index (χ0n) is 12.2. The summed E-state index contributed by atoms with van der Waals surface area (Å²) < 4.78 is 5.03. The van der Waals surface area contributed by atoms with Gasteiger partial charge in [0.25, 0.3) is 0 Å². The highest BCUT2D eigenvalue weighted by atomic mass is 32.1. The molecule has 20 heavy (non-hydrogen) atoms. The van der Waals surface area contributed by atoms with Gasteiger partial charge < -0.3 is 15.0 Å². The Balaban J connectivity index is 2.83. The molecule has 0 aliphatic carbocycles. The van der Waals surface area contributed by atoms with Gasteiger partial charge in [-0.15, -0.1) is 0 Å². The Morgan fingerprint density at radius 3 is 2.75 bits per heavy atom. The first-order chi connectivity index (χ1) is 9.51. The van der Waals surface area contributed by atoms with Crippen molar-refractivity contribution in [1.29, 1.82) is 0 Å². The van der Waals surface area contributed by atoms with E-state index in [1.54, 1.807) is 13.1 Å². The first-order valence-corrected chi connectivity index (χ1v) is 6.85. The Bertz CT molecular complexity index is 523. The number of aromatic nitrogens is 1. The summed E-state index contributed by atoms with van der Waals surface area (Å²) in [6, 6.07) is 0. The fourth-order valence-corrected chi connectivity index (χ4v) is 1.97. The van der Waals surface area contributed by atoms with Crippen LogP contribution < -0.4 is 10.7 Å². The molecule has 110 valence electrons. The number of hydrogen-bond donors (Lipinski definition) is 3. The lowest BCUT2D eigenvalue weighted by molar-refractivity contribution is 0.0525. The number of hydrazone groups is 1. The summed E-state index contributed by atoms with van der Waals surface area (Å²) in [5.74, 6) is -0.325. The Hall–Kier alpha value is -1.89. The third-order valence-electron chi connectivity index (χ3n) is 2.65. The number of carbonyl (C=O) groups excluding carboxylic acids is 1. The van der Waals surface area contributed by atoms with E-state index < -0.39 is 0 Å². The fraction of sp³-hybridized carbons (Fsp3) is 0.462. The van der Waals surface area contributed by atoms with Crippen LogP contribution in [0, 0.1) is 13.8 Å². The average molecular weight is 296 g/mol. The maximum Gasteiger partial charge on any atom is 0.340 e. The predicted octanol–water partition coefficient (Wildman–Crippen LogP) is 1.63. The molecule has 0 aliphatic rings. The van der Waals surface area contributed by atoms with Crippen LogP contribution in [0.15, 0.2) is 5.10 Å². The Morgan fingerprint density at radius 2 is 2.15 bits per heavy atom. The molecule has 0 unspecified atom stereocenters. The van der Waals surface area contributed by atoms with E-state index in [1.807, 2.05) is 20.8 Å². The second kappa shape index (κ2) is 7.64. The topological polar surface area (TPSA) is 78.5 Å². The lowest BCUT2D eigenvalue weighted by atomic mass is 10.1. The highest BCUT2D eigenvalue weighted by molar-refractivity contribution is 7.80. The van der Waals surface area contributed by atoms with Crippen LogP contribution in [0.3, 0.4) is 0 Å². The standard InChI is InChI=1S/C13H20N4O2S/c1-5-14-13(20)17-15-7-10-8(3)11(9(4)16-10)12(18)19-6-2/h7,16H,5-6H2,1-4H3,(H2,14,17,20)/b15-7+. The first kappa shape index (κ1) is 16.2. The number of nitrogens with zero attached hydrogens (tertiary/aromatic N) is 1. The number of nitrogens with one attached hydrogen (secondary N) is 3. The van der Waals surface area contributed by atoms with Crippen molar-refractivity contribution in [2.75, 3.05) is 13.2 Å². The van der Waals surface area contributed by atoms with Crippen molar-refractivity contribution in [3.05, 3.63) is 22.5 Å². The molecule has 7 heteroatoms. The molecule has 0 aliphatic heterocycles. The monoisotopic (exact) mass is 296 g/mol. The summed E-state index contributed by atoms with van der Waals surface area (Å²) in [6.45, 7) is 8.48. The molecule has 3 N–H and O–H groups in total. The van der Waals surface area contributed by atoms with Gasteiger partial charge in [-0.2, -0.15) is 5.10 Å². The molecule has 0 saturated carbocycles. The maximum atomic E-state index is 11.8. The van der Waals surface area contributed by atoms with Crippen molar-refractivity contribution >= 4 is 29.5 Å². The van der Waals surface area contributed by atoms with Gasteiger partial charge in [0.15, 0.2) is 5.11 Å². The van der Waals surface area contributed by atoms with Crippen LogP contribution in [0.1, 0.15) is 41.2 Å². The molecule has 0 aromatic carbocycles. The molecule has 1 rings (SSSR count). The van der Waals surface area contributed by atoms with Crippen LogP contribution in [0.25, 0.3) is 0 Å². The average Bonchev–Trinajstić information content (AvgIpc) is 2.65. The number of rotatable bonds is 5. The summed E-state index contributed by atoms with van der Waals surface area (Å²) >= 11 is 4.99. The predicted molar refractivity (Wildman–Crippen MR) is 83.2 cm³/mol. The van der Waals surface area contributed by atoms with Crippen LogP contribution in [0.5, 0.6) is 0 Å². The summed E-state index contributed by atoms with van der Waals surface area (Å²) in [7, 11) is 0. The minimum atomic E-state index is -0.325. The van der Waals surface area contributed by atoms with E-state index in [2.05, 4.69) is 20.8 Å². The number of carbonyl (C=O) groups is 1. The van der Waals surface area contributed by atoms with E-state index in [9.17, 15) is 4.79 Å². The van der Waals surface area contributed by atoms with E-state index in [0.29, 0.717) is 17.3 Å². The second-order valence-corrected chi connectivity index (χ2v) is 4.52. The van der Waals surface area contributed by atoms with E-state index in [4.69, 9.17) is 17.0 Å². The number of hydrogen-bond acceptors (Lipinski definition) is 4. The molecule has 0 fully saturated rings. The summed E-state index contributed by atoms with van der Waals surface area (Å²) in [6.07, 6.45) is 1.59. The van der Waals surface area contributed by atoms with Crippen LogP contribution in [0.4, 0.5) is 0 Å². The molecule has 1 aromatic heterocycles. The minimum Gasteiger partial charge on any atom is -0.462 e. The molecule has 1 heterocycles. The third-order valence-corrected chi connectivity index (χ3v) is 2.89. The van der Waals surface area contributed by atoms with Gasteiger partial charge >= 0.3 is 5.97 Å². The number of ether oxygens (including phenoxy) is 1. The SMILES string of the molecule is CCNC(=S)N/N=C/c1[nH]c(C)c(C(=O)OCC)c1C. The van der Waals surface area contributed by atoms with Crippen LogP contribution in [-0.4, -0.2) is 35.4 Å². The molecule has 0 spiro atoms. The van der Waals surface area contributed by atoms with E-state index in [1.165, 1.54) is 0 Å². The summed E-state index contributed by atoms with van der Waals surface area (Å²) in [5, 5.41) is 7.39. The molecule has 0 bridgehead atoms. The van der Waals surface area contributed by atoms with Gasteiger partial charge in [-0.25, -0.2) is 4.79 Å². The number of aryl methyl sites for hydroxylation is 1. The van der Waals surface area contributed by atoms with Crippen molar-refractivity contribution in [3.8, 4) is 0 Å². The molecule has 0 saturated heterocycles. The van der Waals surface area contributed by atoms with Gasteiger partial charge in [0.2, 0.25) is 0 Å². The molecule has 0 amide bonds. The number of thiocarbonyl (C=S) groups is 1. The van der Waals surface area contributed by atoms with Gasteiger partial charge in [0.1, 0.15) is 0 Å². The minimum absolute atomic E-state index is 0.325. The lowest BCUT2D eigenvalue weighted by Crippen LogP contribution is -2.31. The second-order valence-electron chi connectivity index (χ2n) is 4.11. The van der Waals surface area contributed by atoms with Crippen LogP contribution >= 0.6 is 12.2 Å². The highest BCUT2D eigenvalue weighted by Crippen LogP contribution is 2.17. The van der Waals surface area contributed by atoms with E-state index in [0.717, 1.165) is 23.5 Å². The molecular weight excluding hydrogens is 276 g/mol. The normalized spacial score (nSPS) is 10.6. The number of esters is 1. The summed E-state index contributed by atoms with van der Waals surface area (Å²) in [4.78, 5) is 14.9. The smallest absolute Gasteiger partial charge is 0.340 e. The highest BCUT2D eigenvalue weighted by Gasteiger charge is 2.18. The van der Waals surface area contributed by atoms with Crippen molar-refractivity contribution < 1.29 is 9.53 Å². The van der Waals surface area contributed by atoms with Crippen molar-refractivity contribution in [1.82, 2.24) is 15.7 Å². The molecule has 0 atom stereocenters. The van der Waals surface area contributed by atoms with Gasteiger partial charge in [-0.3, -0.25) is 5.43 Å². The largest absolute Gasteiger partial charge is 0.462 e. The van der Waals surface area contributed by atoms with Crippen molar-refractivity contribution in [2.45, 2.75) is 27.7 Å². The molecule has 0 radical (unpaired) electrons. The lowest BCUT2D eigenvalue weighted by Gasteiger charge is -2.03. The Kier molecular flexibility index (Phi) is 6.17.